The Morgan fingerprint density at radius 1 is 1.07 bits per heavy atom. The Labute approximate surface area is 262 Å². The molecule has 238 valence electrons. The van der Waals surface area contributed by atoms with Crippen molar-refractivity contribution < 1.29 is 27.2 Å². The molecule has 2 heterocycles. The van der Waals surface area contributed by atoms with E-state index < -0.39 is 52.0 Å². The van der Waals surface area contributed by atoms with E-state index >= 15 is 0 Å². The molecule has 2 atom stereocenters. The molecule has 0 spiro atoms. The number of aryl methyl sites for hydroxylation is 2. The number of benzene rings is 2. The van der Waals surface area contributed by atoms with Gasteiger partial charge < -0.3 is 25.7 Å². The van der Waals surface area contributed by atoms with Gasteiger partial charge in [-0.1, -0.05) is 17.7 Å². The van der Waals surface area contributed by atoms with E-state index in [2.05, 4.69) is 15.4 Å². The van der Waals surface area contributed by atoms with Crippen molar-refractivity contribution in [1.82, 2.24) is 14.9 Å². The van der Waals surface area contributed by atoms with Crippen LogP contribution in [-0.4, -0.2) is 62.8 Å². The van der Waals surface area contributed by atoms with Crippen molar-refractivity contribution >= 4 is 56.8 Å². The number of hydrogen-bond acceptors (Lipinski definition) is 8. The lowest BCUT2D eigenvalue weighted by Gasteiger charge is -2.26. The summed E-state index contributed by atoms with van der Waals surface area (Å²) in [6, 6.07) is 10.8. The average Bonchev–Trinajstić information content (AvgIpc) is 3.46. The van der Waals surface area contributed by atoms with Crippen LogP contribution in [-0.2, 0) is 24.4 Å². The number of carbonyl (C=O) groups is 3. The number of rotatable bonds is 12. The first-order chi connectivity index (χ1) is 20.5. The van der Waals surface area contributed by atoms with Gasteiger partial charge in [-0.15, -0.1) is 12.4 Å². The molecule has 0 aliphatic carbocycles. The van der Waals surface area contributed by atoms with Crippen LogP contribution in [0.3, 0.4) is 0 Å². The maximum atomic E-state index is 13.4. The number of fused-ring (bicyclic) bond motifs is 1. The summed E-state index contributed by atoms with van der Waals surface area (Å²) in [7, 11) is -3.92. The van der Waals surface area contributed by atoms with Crippen molar-refractivity contribution in [3.63, 3.8) is 0 Å². The lowest BCUT2D eigenvalue weighted by atomic mass is 10.1. The van der Waals surface area contributed by atoms with Crippen molar-refractivity contribution in [2.45, 2.75) is 62.9 Å². The Kier molecular flexibility index (Phi) is 12.1. The Bertz CT molecular complexity index is 1660. The van der Waals surface area contributed by atoms with E-state index in [4.69, 9.17) is 10.2 Å². The number of carbonyl (C=O) groups excluding carboxylic acids is 3. The molecule has 1 saturated heterocycles. The fraction of sp³-hybridized carbons (Fsp3) is 0.400. The number of sulfonamides is 1. The fourth-order valence-corrected chi connectivity index (χ4v) is 6.03. The highest BCUT2D eigenvalue weighted by Gasteiger charge is 2.36. The van der Waals surface area contributed by atoms with Gasteiger partial charge in [0.2, 0.25) is 27.7 Å². The van der Waals surface area contributed by atoms with Gasteiger partial charge in [0.25, 0.3) is 0 Å². The number of halogens is 1. The van der Waals surface area contributed by atoms with E-state index in [1.807, 2.05) is 6.92 Å². The van der Waals surface area contributed by atoms with Crippen molar-refractivity contribution in [3.05, 3.63) is 70.1 Å². The molecule has 44 heavy (non-hydrogen) atoms. The van der Waals surface area contributed by atoms with Crippen LogP contribution in [0.5, 0.6) is 0 Å². The second-order valence-corrected chi connectivity index (χ2v) is 12.4. The van der Waals surface area contributed by atoms with E-state index in [0.29, 0.717) is 49.9 Å². The van der Waals surface area contributed by atoms with E-state index in [1.54, 1.807) is 37.3 Å². The maximum absolute atomic E-state index is 13.4. The summed E-state index contributed by atoms with van der Waals surface area (Å²) in [6.07, 6.45) is 2.47. The smallest absolute Gasteiger partial charge is 0.336 e. The first-order valence-corrected chi connectivity index (χ1v) is 15.7. The first kappa shape index (κ1) is 34.7. The number of unbranched alkanes of at least 4 members (excludes halogenated alkanes) is 1. The summed E-state index contributed by atoms with van der Waals surface area (Å²) >= 11 is 0. The van der Waals surface area contributed by atoms with Crippen molar-refractivity contribution in [3.8, 4) is 0 Å². The predicted molar refractivity (Wildman–Crippen MR) is 169 cm³/mol. The van der Waals surface area contributed by atoms with E-state index in [0.717, 1.165) is 16.5 Å². The first-order valence-electron chi connectivity index (χ1n) is 14.2. The molecule has 0 radical (unpaired) electrons. The van der Waals surface area contributed by atoms with Gasteiger partial charge >= 0.3 is 5.63 Å². The van der Waals surface area contributed by atoms with Crippen LogP contribution in [0.2, 0.25) is 0 Å². The molecule has 5 N–H and O–H groups in total. The van der Waals surface area contributed by atoms with Crippen LogP contribution < -0.4 is 26.7 Å². The summed E-state index contributed by atoms with van der Waals surface area (Å²) in [4.78, 5) is 52.9. The third kappa shape index (κ3) is 8.65. The Morgan fingerprint density at radius 2 is 1.80 bits per heavy atom. The molecule has 1 fully saturated rings. The third-order valence-electron chi connectivity index (χ3n) is 7.42. The summed E-state index contributed by atoms with van der Waals surface area (Å²) in [5, 5.41) is 6.30. The van der Waals surface area contributed by atoms with E-state index in [-0.39, 0.29) is 23.8 Å². The van der Waals surface area contributed by atoms with Crippen LogP contribution in [0, 0.1) is 13.8 Å². The molecule has 2 aromatic carbocycles. The fourth-order valence-electron chi connectivity index (χ4n) is 5.06. The standard InChI is InChI=1S/C30H37N5O7S.ClH/c1-19-8-11-22(12-9-19)43(40,41)32-18-27(36)35-15-5-7-25(35)30(39)34-24(6-3-4-14-31)29(38)33-21-10-13-23-20(2)16-28(37)42-26(23)17-21;/h8-13,16-17,24-25,32H,3-7,14-15,18,31H2,1-2H3,(H,33,38)(H,34,39);1H/t24-,25-;/m0./s1. The Hall–Kier alpha value is -3.78. The molecule has 1 aliphatic heterocycles. The monoisotopic (exact) mass is 647 g/mol. The molecule has 1 aromatic heterocycles. The minimum Gasteiger partial charge on any atom is -0.423 e. The highest BCUT2D eigenvalue weighted by atomic mass is 35.5. The van der Waals surface area contributed by atoms with Gasteiger partial charge in [0, 0.05) is 29.8 Å². The molecule has 4 rings (SSSR count). The molecule has 3 amide bonds. The van der Waals surface area contributed by atoms with Gasteiger partial charge in [-0.05, 0) is 82.3 Å². The topological polar surface area (TPSA) is 181 Å². The molecule has 0 bridgehead atoms. The summed E-state index contributed by atoms with van der Waals surface area (Å²) in [5.41, 5.74) is 7.49. The van der Waals surface area contributed by atoms with Gasteiger partial charge in [-0.25, -0.2) is 17.9 Å². The number of hydrogen-bond donors (Lipinski definition) is 4. The summed E-state index contributed by atoms with van der Waals surface area (Å²) in [6.45, 7) is 3.83. The second kappa shape index (κ2) is 15.3. The summed E-state index contributed by atoms with van der Waals surface area (Å²) in [5.74, 6) is -1.51. The third-order valence-corrected chi connectivity index (χ3v) is 8.84. The number of nitrogens with one attached hydrogen (secondary N) is 3. The molecule has 1 aliphatic rings. The largest absolute Gasteiger partial charge is 0.423 e. The molecule has 12 nitrogen and oxygen atoms in total. The zero-order valence-corrected chi connectivity index (χ0v) is 26.3. The molecule has 14 heteroatoms. The Balaban J connectivity index is 0.00000529. The summed E-state index contributed by atoms with van der Waals surface area (Å²) < 4.78 is 32.9. The van der Waals surface area contributed by atoms with Crippen LogP contribution in [0.4, 0.5) is 5.69 Å². The van der Waals surface area contributed by atoms with Crippen LogP contribution in [0.1, 0.15) is 43.2 Å². The van der Waals surface area contributed by atoms with Gasteiger partial charge in [0.1, 0.15) is 17.7 Å². The molecule has 0 saturated carbocycles. The van der Waals surface area contributed by atoms with Crippen molar-refractivity contribution in [1.29, 1.82) is 0 Å². The predicted octanol–water partition coefficient (Wildman–Crippen LogP) is 2.35. The SMILES string of the molecule is Cc1ccc(S(=O)(=O)NCC(=O)N2CCC[C@H]2C(=O)N[C@@H](CCCCN)C(=O)Nc2ccc3c(C)cc(=O)oc3c2)cc1.Cl. The Morgan fingerprint density at radius 3 is 2.50 bits per heavy atom. The van der Waals surface area contributed by atoms with Crippen LogP contribution in [0.25, 0.3) is 11.0 Å². The lowest BCUT2D eigenvalue weighted by molar-refractivity contribution is -0.138. The number of likely N-dealkylation sites (tertiary alicyclic amines) is 1. The molecular formula is C30H38ClN5O7S. The maximum Gasteiger partial charge on any atom is 0.336 e. The van der Waals surface area contributed by atoms with Gasteiger partial charge in [0.05, 0.1) is 11.4 Å². The van der Waals surface area contributed by atoms with Crippen LogP contribution >= 0.6 is 12.4 Å². The molecular weight excluding hydrogens is 610 g/mol. The van der Waals surface area contributed by atoms with Gasteiger partial charge in [0.15, 0.2) is 0 Å². The van der Waals surface area contributed by atoms with Gasteiger partial charge in [-0.2, -0.15) is 0 Å². The van der Waals surface area contributed by atoms with Crippen molar-refractivity contribution in [2.75, 3.05) is 25.0 Å². The van der Waals surface area contributed by atoms with E-state index in [9.17, 15) is 27.6 Å². The average molecular weight is 648 g/mol. The molecule has 3 aromatic rings. The highest BCUT2D eigenvalue weighted by molar-refractivity contribution is 7.89. The lowest BCUT2D eigenvalue weighted by Crippen LogP contribution is -2.53. The van der Waals surface area contributed by atoms with Crippen molar-refractivity contribution in [2.24, 2.45) is 5.73 Å². The quantitative estimate of drug-likeness (QED) is 0.171. The highest BCUT2D eigenvalue weighted by Crippen LogP contribution is 2.22. The zero-order chi connectivity index (χ0) is 31.1. The van der Waals surface area contributed by atoms with Crippen LogP contribution in [0.15, 0.2) is 62.6 Å². The second-order valence-electron chi connectivity index (χ2n) is 10.7. The minimum absolute atomic E-state index is 0. The number of nitrogens with two attached hydrogens (primary N) is 1. The van der Waals surface area contributed by atoms with Gasteiger partial charge in [-0.3, -0.25) is 14.4 Å². The molecule has 0 unspecified atom stereocenters. The zero-order valence-electron chi connectivity index (χ0n) is 24.6. The van der Waals surface area contributed by atoms with E-state index in [1.165, 1.54) is 23.1 Å². The number of anilines is 1. The number of nitrogens with zero attached hydrogens (tertiary/aromatic N) is 1. The normalized spacial score (nSPS) is 15.4. The number of amides is 3. The minimum atomic E-state index is -3.92.